The number of ether oxygens (including phenoxy) is 1. The number of carbonyl (C=O) groups excluding carboxylic acids is 1. The number of amides is 1. The lowest BCUT2D eigenvalue weighted by Gasteiger charge is -2.44. The van der Waals surface area contributed by atoms with Gasteiger partial charge < -0.3 is 14.6 Å². The Kier molecular flexibility index (Phi) is 4.66. The van der Waals surface area contributed by atoms with Crippen LogP contribution in [0.4, 0.5) is 0 Å². The monoisotopic (exact) mass is 354 g/mol. The van der Waals surface area contributed by atoms with Crippen LogP contribution in [0.15, 0.2) is 30.6 Å². The molecular formula is C20H26N4O2. The number of nitrogens with one attached hydrogen (secondary N) is 1. The molecular weight excluding hydrogens is 328 g/mol. The smallest absolute Gasteiger partial charge is 0.220 e. The first-order chi connectivity index (χ1) is 12.7. The minimum absolute atomic E-state index is 0.0186. The van der Waals surface area contributed by atoms with Crippen LogP contribution in [0.25, 0.3) is 0 Å². The van der Waals surface area contributed by atoms with E-state index >= 15 is 0 Å². The lowest BCUT2D eigenvalue weighted by molar-refractivity contribution is -0.122. The van der Waals surface area contributed by atoms with Crippen molar-refractivity contribution in [1.82, 2.24) is 20.1 Å². The van der Waals surface area contributed by atoms with E-state index in [1.807, 2.05) is 29.8 Å². The number of nitrogens with zero attached hydrogens (tertiary/aromatic N) is 3. The van der Waals surface area contributed by atoms with Crippen molar-refractivity contribution < 1.29 is 9.53 Å². The van der Waals surface area contributed by atoms with Gasteiger partial charge in [-0.2, -0.15) is 0 Å². The number of hydrogen-bond acceptors (Lipinski definition) is 4. The molecule has 2 aromatic rings. The van der Waals surface area contributed by atoms with E-state index in [2.05, 4.69) is 21.6 Å². The molecule has 1 amide bonds. The molecule has 2 aliphatic rings. The van der Waals surface area contributed by atoms with E-state index < -0.39 is 0 Å². The Bertz CT molecular complexity index is 780. The van der Waals surface area contributed by atoms with Crippen LogP contribution in [0.1, 0.15) is 62.4 Å². The fourth-order valence-electron chi connectivity index (χ4n) is 4.27. The summed E-state index contributed by atoms with van der Waals surface area (Å²) >= 11 is 0. The molecule has 1 aliphatic carbocycles. The van der Waals surface area contributed by atoms with Crippen LogP contribution in [0.5, 0.6) is 5.75 Å². The Morgan fingerprint density at radius 3 is 2.88 bits per heavy atom. The SMILES string of the molecule is Cn1cnnc1CCC(=O)NC1CC2(CCCCC2)Oc2ccccc21. The quantitative estimate of drug-likeness (QED) is 0.916. The van der Waals surface area contributed by atoms with E-state index in [0.29, 0.717) is 12.8 Å². The average molecular weight is 354 g/mol. The first-order valence-electron chi connectivity index (χ1n) is 9.55. The molecule has 0 radical (unpaired) electrons. The molecule has 1 atom stereocenters. The van der Waals surface area contributed by atoms with Crippen LogP contribution in [-0.4, -0.2) is 26.3 Å². The second kappa shape index (κ2) is 7.09. The largest absolute Gasteiger partial charge is 0.487 e. The van der Waals surface area contributed by atoms with Gasteiger partial charge in [-0.1, -0.05) is 24.6 Å². The highest BCUT2D eigenvalue weighted by atomic mass is 16.5. The van der Waals surface area contributed by atoms with Gasteiger partial charge in [-0.15, -0.1) is 10.2 Å². The van der Waals surface area contributed by atoms with Crippen LogP contribution in [0.3, 0.4) is 0 Å². The maximum Gasteiger partial charge on any atom is 0.220 e. The van der Waals surface area contributed by atoms with Gasteiger partial charge in [0.2, 0.25) is 5.91 Å². The summed E-state index contributed by atoms with van der Waals surface area (Å²) in [7, 11) is 1.90. The normalized spacial score (nSPS) is 21.0. The molecule has 1 spiro atoms. The minimum atomic E-state index is -0.117. The molecule has 0 saturated heterocycles. The first kappa shape index (κ1) is 17.1. The molecule has 4 rings (SSSR count). The molecule has 1 saturated carbocycles. The fourth-order valence-corrected chi connectivity index (χ4v) is 4.27. The van der Waals surface area contributed by atoms with Crippen molar-refractivity contribution in [3.63, 3.8) is 0 Å². The zero-order valence-corrected chi connectivity index (χ0v) is 15.3. The maximum atomic E-state index is 12.6. The third-order valence-corrected chi connectivity index (χ3v) is 5.68. The number of fused-ring (bicyclic) bond motifs is 1. The van der Waals surface area contributed by atoms with Gasteiger partial charge in [0, 0.05) is 31.9 Å². The highest BCUT2D eigenvalue weighted by Crippen LogP contribution is 2.46. The van der Waals surface area contributed by atoms with Gasteiger partial charge in [0.1, 0.15) is 23.5 Å². The standard InChI is InChI=1S/C20H26N4O2/c1-24-14-21-23-18(24)9-10-19(25)22-16-13-20(11-5-2-6-12-20)26-17-8-4-3-7-15(16)17/h3-4,7-8,14,16H,2,5-6,9-13H2,1H3,(H,22,25). The fraction of sp³-hybridized carbons (Fsp3) is 0.550. The predicted molar refractivity (Wildman–Crippen MR) is 97.7 cm³/mol. The molecule has 1 unspecified atom stereocenters. The summed E-state index contributed by atoms with van der Waals surface area (Å²) in [5, 5.41) is 11.2. The molecule has 138 valence electrons. The van der Waals surface area contributed by atoms with Crippen LogP contribution >= 0.6 is 0 Å². The molecule has 1 aromatic heterocycles. The molecule has 0 bridgehead atoms. The zero-order valence-electron chi connectivity index (χ0n) is 15.3. The molecule has 1 aromatic carbocycles. The van der Waals surface area contributed by atoms with Crippen molar-refractivity contribution in [3.8, 4) is 5.75 Å². The number of benzene rings is 1. The number of aryl methyl sites for hydroxylation is 2. The van der Waals surface area contributed by atoms with Gasteiger partial charge in [0.05, 0.1) is 6.04 Å². The van der Waals surface area contributed by atoms with E-state index in [9.17, 15) is 4.79 Å². The lowest BCUT2D eigenvalue weighted by Crippen LogP contribution is -2.46. The van der Waals surface area contributed by atoms with Gasteiger partial charge >= 0.3 is 0 Å². The third-order valence-electron chi connectivity index (χ3n) is 5.68. The van der Waals surface area contributed by atoms with Crippen molar-refractivity contribution in [1.29, 1.82) is 0 Å². The zero-order chi connectivity index (χ0) is 18.0. The van der Waals surface area contributed by atoms with E-state index in [1.54, 1.807) is 6.33 Å². The molecule has 6 heteroatoms. The van der Waals surface area contributed by atoms with Gasteiger partial charge in [0.15, 0.2) is 0 Å². The van der Waals surface area contributed by atoms with Crippen LogP contribution in [0.2, 0.25) is 0 Å². The summed E-state index contributed by atoms with van der Waals surface area (Å²) in [4.78, 5) is 12.6. The molecule has 2 heterocycles. The number of para-hydroxylation sites is 1. The van der Waals surface area contributed by atoms with E-state index in [1.165, 1.54) is 19.3 Å². The van der Waals surface area contributed by atoms with Crippen molar-refractivity contribution in [2.45, 2.75) is 63.0 Å². The van der Waals surface area contributed by atoms with Crippen LogP contribution < -0.4 is 10.1 Å². The van der Waals surface area contributed by atoms with E-state index in [-0.39, 0.29) is 17.6 Å². The molecule has 1 fully saturated rings. The summed E-state index contributed by atoms with van der Waals surface area (Å²) in [6.07, 6.45) is 9.37. The van der Waals surface area contributed by atoms with Gasteiger partial charge in [0.25, 0.3) is 0 Å². The van der Waals surface area contributed by atoms with Crippen molar-refractivity contribution in [3.05, 3.63) is 42.0 Å². The molecule has 6 nitrogen and oxygen atoms in total. The highest BCUT2D eigenvalue weighted by Gasteiger charge is 2.42. The number of aromatic nitrogens is 3. The van der Waals surface area contributed by atoms with E-state index in [0.717, 1.165) is 36.4 Å². The van der Waals surface area contributed by atoms with Crippen LogP contribution in [-0.2, 0) is 18.3 Å². The Labute approximate surface area is 154 Å². The summed E-state index contributed by atoms with van der Waals surface area (Å²) < 4.78 is 8.29. The maximum absolute atomic E-state index is 12.6. The van der Waals surface area contributed by atoms with Gasteiger partial charge in [-0.05, 0) is 31.7 Å². The van der Waals surface area contributed by atoms with Gasteiger partial charge in [-0.3, -0.25) is 4.79 Å². The number of rotatable bonds is 4. The van der Waals surface area contributed by atoms with Crippen molar-refractivity contribution in [2.75, 3.05) is 0 Å². The Morgan fingerprint density at radius 2 is 2.12 bits per heavy atom. The Hall–Kier alpha value is -2.37. The summed E-state index contributed by atoms with van der Waals surface area (Å²) in [5.74, 6) is 1.82. The average Bonchev–Trinajstić information content (AvgIpc) is 3.05. The lowest BCUT2D eigenvalue weighted by atomic mass is 9.77. The van der Waals surface area contributed by atoms with Crippen molar-refractivity contribution in [2.24, 2.45) is 7.05 Å². The highest BCUT2D eigenvalue weighted by molar-refractivity contribution is 5.76. The summed E-state index contributed by atoms with van der Waals surface area (Å²) in [6.45, 7) is 0. The molecule has 1 N–H and O–H groups in total. The van der Waals surface area contributed by atoms with Crippen LogP contribution in [0, 0.1) is 0 Å². The minimum Gasteiger partial charge on any atom is -0.487 e. The number of hydrogen-bond donors (Lipinski definition) is 1. The van der Waals surface area contributed by atoms with E-state index in [4.69, 9.17) is 4.74 Å². The predicted octanol–water partition coefficient (Wildman–Crippen LogP) is 3.09. The Balaban J connectivity index is 1.47. The van der Waals surface area contributed by atoms with Gasteiger partial charge in [-0.25, -0.2) is 0 Å². The second-order valence-corrected chi connectivity index (χ2v) is 7.57. The third kappa shape index (κ3) is 3.45. The Morgan fingerprint density at radius 1 is 1.31 bits per heavy atom. The second-order valence-electron chi connectivity index (χ2n) is 7.57. The van der Waals surface area contributed by atoms with Crippen molar-refractivity contribution >= 4 is 5.91 Å². The molecule has 26 heavy (non-hydrogen) atoms. The molecule has 1 aliphatic heterocycles. The first-order valence-corrected chi connectivity index (χ1v) is 9.55. The summed E-state index contributed by atoms with van der Waals surface area (Å²) in [6, 6.07) is 8.14. The summed E-state index contributed by atoms with van der Waals surface area (Å²) in [5.41, 5.74) is 0.976. The number of carbonyl (C=O) groups is 1. The topological polar surface area (TPSA) is 69.0 Å².